The molecule has 2 N–H and O–H groups in total. The maximum absolute atomic E-state index is 11.9. The van der Waals surface area contributed by atoms with E-state index in [-0.39, 0.29) is 12.5 Å². The largest absolute Gasteiger partial charge is 0.496 e. The molecule has 2 fully saturated rings. The van der Waals surface area contributed by atoms with Crippen LogP contribution < -0.4 is 15.4 Å². The molecule has 0 spiro atoms. The number of hydrogen-bond donors (Lipinski definition) is 2. The van der Waals surface area contributed by atoms with Gasteiger partial charge in [-0.1, -0.05) is 24.6 Å². The average Bonchev–Trinajstić information content (AvgIpc) is 3.26. The lowest BCUT2D eigenvalue weighted by Gasteiger charge is -2.25. The van der Waals surface area contributed by atoms with Gasteiger partial charge in [-0.2, -0.15) is 0 Å². The zero-order valence-electron chi connectivity index (χ0n) is 16.0. The number of nitrogens with one attached hydrogen (secondary N) is 2. The van der Waals surface area contributed by atoms with Gasteiger partial charge in [0, 0.05) is 25.7 Å². The fourth-order valence-electron chi connectivity index (χ4n) is 4.06. The highest BCUT2D eigenvalue weighted by Gasteiger charge is 2.39. The number of guanidine groups is 1. The Hall–Kier alpha value is -2.24. The van der Waals surface area contributed by atoms with Gasteiger partial charge in [-0.05, 0) is 37.2 Å². The van der Waals surface area contributed by atoms with Crippen molar-refractivity contribution in [1.29, 1.82) is 0 Å². The molecule has 1 aromatic rings. The number of benzene rings is 1. The van der Waals surface area contributed by atoms with Crippen LogP contribution in [0.25, 0.3) is 0 Å². The predicted molar refractivity (Wildman–Crippen MR) is 103 cm³/mol. The zero-order chi connectivity index (χ0) is 18.5. The number of carbonyl (C=O) groups is 1. The number of aliphatic imine (C=N–C) groups is 1. The van der Waals surface area contributed by atoms with Crippen LogP contribution in [-0.2, 0) is 11.3 Å². The number of likely N-dealkylation sites (N-methyl/N-ethyl adjacent to an activating group) is 1. The molecule has 142 valence electrons. The van der Waals surface area contributed by atoms with Gasteiger partial charge in [0.1, 0.15) is 5.75 Å². The van der Waals surface area contributed by atoms with Crippen LogP contribution >= 0.6 is 0 Å². The van der Waals surface area contributed by atoms with E-state index in [0.717, 1.165) is 23.1 Å². The lowest BCUT2D eigenvalue weighted by molar-refractivity contribution is -0.127. The lowest BCUT2D eigenvalue weighted by Crippen LogP contribution is -2.48. The number of amides is 1. The van der Waals surface area contributed by atoms with E-state index in [0.29, 0.717) is 18.5 Å². The van der Waals surface area contributed by atoms with Gasteiger partial charge in [-0.3, -0.25) is 4.79 Å². The Morgan fingerprint density at radius 2 is 2.08 bits per heavy atom. The number of hydrogen-bond acceptors (Lipinski definition) is 3. The van der Waals surface area contributed by atoms with Crippen molar-refractivity contribution < 1.29 is 9.53 Å². The molecule has 0 heterocycles. The summed E-state index contributed by atoms with van der Waals surface area (Å²) in [6.07, 6.45) is 5.21. The molecule has 6 nitrogen and oxygen atoms in total. The molecule has 2 bridgehead atoms. The Balaban J connectivity index is 1.67. The third-order valence-electron chi connectivity index (χ3n) is 5.57. The number of para-hydroxylation sites is 1. The van der Waals surface area contributed by atoms with E-state index in [1.165, 1.54) is 25.7 Å². The molecule has 1 amide bonds. The van der Waals surface area contributed by atoms with E-state index in [1.54, 1.807) is 26.1 Å². The van der Waals surface area contributed by atoms with E-state index < -0.39 is 0 Å². The van der Waals surface area contributed by atoms with Crippen LogP contribution in [0.15, 0.2) is 29.3 Å². The SMILES string of the molecule is COc1ccccc1CN=C(NCC(=O)N(C)C)NC1CC2CCC1C2. The fourth-order valence-corrected chi connectivity index (χ4v) is 4.06. The summed E-state index contributed by atoms with van der Waals surface area (Å²) in [5.74, 6) is 3.17. The number of nitrogens with zero attached hydrogens (tertiary/aromatic N) is 2. The Morgan fingerprint density at radius 1 is 1.27 bits per heavy atom. The molecule has 3 rings (SSSR count). The molecular weight excluding hydrogens is 328 g/mol. The van der Waals surface area contributed by atoms with E-state index in [2.05, 4.69) is 10.6 Å². The standard InChI is InChI=1S/C20H30N4O2/c1-24(2)19(25)13-22-20(23-17-11-14-8-9-15(17)10-14)21-12-16-6-4-5-7-18(16)26-3/h4-7,14-15,17H,8-13H2,1-3H3,(H2,21,22,23). The molecule has 6 heteroatoms. The Morgan fingerprint density at radius 3 is 2.73 bits per heavy atom. The minimum Gasteiger partial charge on any atom is -0.496 e. The maximum atomic E-state index is 11.9. The summed E-state index contributed by atoms with van der Waals surface area (Å²) in [7, 11) is 5.20. The Labute approximate surface area is 156 Å². The third kappa shape index (κ3) is 4.48. The smallest absolute Gasteiger partial charge is 0.241 e. The van der Waals surface area contributed by atoms with Crippen LogP contribution in [0.5, 0.6) is 5.75 Å². The first-order valence-electron chi connectivity index (χ1n) is 9.43. The summed E-state index contributed by atoms with van der Waals surface area (Å²) in [4.78, 5) is 18.3. The Kier molecular flexibility index (Phi) is 6.01. The third-order valence-corrected chi connectivity index (χ3v) is 5.57. The highest BCUT2D eigenvalue weighted by atomic mass is 16.5. The summed E-state index contributed by atoms with van der Waals surface area (Å²) in [5.41, 5.74) is 1.03. The highest BCUT2D eigenvalue weighted by molar-refractivity contribution is 5.86. The monoisotopic (exact) mass is 358 g/mol. The topological polar surface area (TPSA) is 66.0 Å². The van der Waals surface area contributed by atoms with Crippen LogP contribution in [0.4, 0.5) is 0 Å². The highest BCUT2D eigenvalue weighted by Crippen LogP contribution is 2.44. The van der Waals surface area contributed by atoms with Crippen LogP contribution in [0.3, 0.4) is 0 Å². The molecule has 0 radical (unpaired) electrons. The van der Waals surface area contributed by atoms with Crippen molar-refractivity contribution in [3.63, 3.8) is 0 Å². The molecular formula is C20H30N4O2. The molecule has 0 saturated heterocycles. The van der Waals surface area contributed by atoms with Crippen molar-refractivity contribution in [1.82, 2.24) is 15.5 Å². The van der Waals surface area contributed by atoms with Crippen LogP contribution in [0, 0.1) is 11.8 Å². The van der Waals surface area contributed by atoms with Gasteiger partial charge in [0.15, 0.2) is 5.96 Å². The van der Waals surface area contributed by atoms with Gasteiger partial charge in [0.25, 0.3) is 0 Å². The summed E-state index contributed by atoms with van der Waals surface area (Å²) in [6.45, 7) is 0.752. The van der Waals surface area contributed by atoms with Gasteiger partial charge in [0.2, 0.25) is 5.91 Å². The number of fused-ring (bicyclic) bond motifs is 2. The number of ether oxygens (including phenoxy) is 1. The van der Waals surface area contributed by atoms with Crippen molar-refractivity contribution in [2.24, 2.45) is 16.8 Å². The zero-order valence-corrected chi connectivity index (χ0v) is 16.0. The first kappa shape index (κ1) is 18.5. The van der Waals surface area contributed by atoms with E-state index in [1.807, 2.05) is 24.3 Å². The van der Waals surface area contributed by atoms with Gasteiger partial charge in [-0.15, -0.1) is 0 Å². The van der Waals surface area contributed by atoms with E-state index >= 15 is 0 Å². The second kappa shape index (κ2) is 8.43. The van der Waals surface area contributed by atoms with Crippen molar-refractivity contribution in [2.75, 3.05) is 27.7 Å². The number of carbonyl (C=O) groups excluding carboxylic acids is 1. The molecule has 2 aliphatic carbocycles. The minimum atomic E-state index is 0.0322. The van der Waals surface area contributed by atoms with Crippen molar-refractivity contribution in [2.45, 2.75) is 38.3 Å². The minimum absolute atomic E-state index is 0.0322. The number of methoxy groups -OCH3 is 1. The molecule has 26 heavy (non-hydrogen) atoms. The van der Waals surface area contributed by atoms with Crippen LogP contribution in [0.2, 0.25) is 0 Å². The molecule has 1 aromatic carbocycles. The van der Waals surface area contributed by atoms with Crippen LogP contribution in [-0.4, -0.2) is 50.6 Å². The van der Waals surface area contributed by atoms with Crippen molar-refractivity contribution in [3.8, 4) is 5.75 Å². The van der Waals surface area contributed by atoms with Gasteiger partial charge in [-0.25, -0.2) is 4.99 Å². The molecule has 0 aromatic heterocycles. The second-order valence-electron chi connectivity index (χ2n) is 7.54. The van der Waals surface area contributed by atoms with Gasteiger partial charge < -0.3 is 20.3 Å². The first-order chi connectivity index (χ1) is 12.6. The molecule has 3 unspecified atom stereocenters. The first-order valence-corrected chi connectivity index (χ1v) is 9.43. The summed E-state index contributed by atoms with van der Waals surface area (Å²) >= 11 is 0. The maximum Gasteiger partial charge on any atom is 0.241 e. The summed E-state index contributed by atoms with van der Waals surface area (Å²) < 4.78 is 5.41. The number of rotatable bonds is 6. The predicted octanol–water partition coefficient (Wildman–Crippen LogP) is 2.01. The van der Waals surface area contributed by atoms with Gasteiger partial charge >= 0.3 is 0 Å². The fraction of sp³-hybridized carbons (Fsp3) is 0.600. The second-order valence-corrected chi connectivity index (χ2v) is 7.54. The summed E-state index contributed by atoms with van der Waals surface area (Å²) in [6, 6.07) is 8.36. The van der Waals surface area contributed by atoms with Crippen molar-refractivity contribution >= 4 is 11.9 Å². The Bertz CT molecular complexity index is 659. The molecule has 0 aliphatic heterocycles. The van der Waals surface area contributed by atoms with E-state index in [4.69, 9.17) is 9.73 Å². The van der Waals surface area contributed by atoms with Crippen molar-refractivity contribution in [3.05, 3.63) is 29.8 Å². The van der Waals surface area contributed by atoms with E-state index in [9.17, 15) is 4.79 Å². The molecule has 2 saturated carbocycles. The lowest BCUT2D eigenvalue weighted by atomic mass is 9.95. The quantitative estimate of drug-likeness (QED) is 0.603. The normalized spacial score (nSPS) is 24.4. The average molecular weight is 358 g/mol. The molecule has 3 atom stereocenters. The van der Waals surface area contributed by atoms with Crippen LogP contribution in [0.1, 0.15) is 31.2 Å². The molecule has 2 aliphatic rings. The summed E-state index contributed by atoms with van der Waals surface area (Å²) in [5, 5.41) is 6.78. The van der Waals surface area contributed by atoms with Gasteiger partial charge in [0.05, 0.1) is 20.2 Å².